The van der Waals surface area contributed by atoms with Crippen molar-refractivity contribution in [2.45, 2.75) is 6.42 Å². The highest BCUT2D eigenvalue weighted by atomic mass is 35.5. The molecular formula is C7H16Cl2N2. The largest absolute Gasteiger partial charge is 0.327 e. The SMILES string of the molecule is CN1CC=C(CN)CC1.Cl.Cl. The van der Waals surface area contributed by atoms with Crippen LogP contribution >= 0.6 is 24.8 Å². The minimum Gasteiger partial charge on any atom is -0.327 e. The van der Waals surface area contributed by atoms with Gasteiger partial charge < -0.3 is 10.6 Å². The Bertz CT molecular complexity index is 126. The number of hydrogen-bond donors (Lipinski definition) is 1. The van der Waals surface area contributed by atoms with E-state index in [4.69, 9.17) is 5.73 Å². The highest BCUT2D eigenvalue weighted by molar-refractivity contribution is 5.85. The van der Waals surface area contributed by atoms with Gasteiger partial charge in [0.2, 0.25) is 0 Å². The Kier molecular flexibility index (Phi) is 8.68. The normalized spacial score (nSPS) is 17.8. The number of nitrogens with zero attached hydrogens (tertiary/aromatic N) is 1. The van der Waals surface area contributed by atoms with Crippen molar-refractivity contribution in [3.05, 3.63) is 11.6 Å². The smallest absolute Gasteiger partial charge is 0.0163 e. The molecule has 1 aliphatic heterocycles. The molecule has 11 heavy (non-hydrogen) atoms. The fourth-order valence-corrected chi connectivity index (χ4v) is 0.998. The lowest BCUT2D eigenvalue weighted by Gasteiger charge is -2.20. The second-order valence-electron chi connectivity index (χ2n) is 2.58. The Balaban J connectivity index is 0. The fourth-order valence-electron chi connectivity index (χ4n) is 0.998. The summed E-state index contributed by atoms with van der Waals surface area (Å²) in [5.41, 5.74) is 6.87. The van der Waals surface area contributed by atoms with Gasteiger partial charge in [-0.15, -0.1) is 24.8 Å². The molecule has 0 bridgehead atoms. The molecule has 0 atom stereocenters. The maximum atomic E-state index is 5.46. The minimum absolute atomic E-state index is 0. The van der Waals surface area contributed by atoms with Gasteiger partial charge in [0.05, 0.1) is 0 Å². The molecule has 0 saturated heterocycles. The van der Waals surface area contributed by atoms with E-state index in [1.807, 2.05) is 0 Å². The van der Waals surface area contributed by atoms with Gasteiger partial charge in [-0.25, -0.2) is 0 Å². The van der Waals surface area contributed by atoms with Crippen LogP contribution in [-0.2, 0) is 0 Å². The number of rotatable bonds is 1. The van der Waals surface area contributed by atoms with Crippen LogP contribution in [-0.4, -0.2) is 31.6 Å². The first-order valence-corrected chi connectivity index (χ1v) is 3.39. The highest BCUT2D eigenvalue weighted by Gasteiger charge is 2.04. The van der Waals surface area contributed by atoms with Crippen molar-refractivity contribution in [1.29, 1.82) is 0 Å². The quantitative estimate of drug-likeness (QED) is 0.639. The van der Waals surface area contributed by atoms with E-state index in [-0.39, 0.29) is 24.8 Å². The molecule has 4 heteroatoms. The summed E-state index contributed by atoms with van der Waals surface area (Å²) in [5, 5.41) is 0. The maximum absolute atomic E-state index is 5.46. The van der Waals surface area contributed by atoms with E-state index in [1.165, 1.54) is 12.1 Å². The molecule has 0 fully saturated rings. The van der Waals surface area contributed by atoms with Crippen molar-refractivity contribution in [3.8, 4) is 0 Å². The first kappa shape index (κ1) is 13.8. The van der Waals surface area contributed by atoms with Gasteiger partial charge in [-0.2, -0.15) is 0 Å². The highest BCUT2D eigenvalue weighted by Crippen LogP contribution is 2.06. The zero-order valence-corrected chi connectivity index (χ0v) is 8.38. The van der Waals surface area contributed by atoms with Crippen LogP contribution in [0.2, 0.25) is 0 Å². The van der Waals surface area contributed by atoms with Crippen LogP contribution in [0.4, 0.5) is 0 Å². The van der Waals surface area contributed by atoms with Crippen LogP contribution in [0, 0.1) is 0 Å². The number of nitrogens with two attached hydrogens (primary N) is 1. The average Bonchev–Trinajstić information content (AvgIpc) is 1.90. The van der Waals surface area contributed by atoms with Crippen molar-refractivity contribution in [3.63, 3.8) is 0 Å². The van der Waals surface area contributed by atoms with E-state index >= 15 is 0 Å². The lowest BCUT2D eigenvalue weighted by molar-refractivity contribution is 0.358. The molecule has 0 amide bonds. The molecule has 0 radical (unpaired) electrons. The molecule has 0 aromatic heterocycles. The van der Waals surface area contributed by atoms with E-state index in [2.05, 4.69) is 18.0 Å². The van der Waals surface area contributed by atoms with Gasteiger partial charge in [-0.05, 0) is 13.5 Å². The van der Waals surface area contributed by atoms with E-state index < -0.39 is 0 Å². The molecule has 68 valence electrons. The van der Waals surface area contributed by atoms with Crippen LogP contribution in [0.15, 0.2) is 11.6 Å². The van der Waals surface area contributed by atoms with Gasteiger partial charge in [0, 0.05) is 19.6 Å². The molecule has 1 aliphatic rings. The Morgan fingerprint density at radius 2 is 2.18 bits per heavy atom. The zero-order valence-electron chi connectivity index (χ0n) is 6.75. The van der Waals surface area contributed by atoms with E-state index in [9.17, 15) is 0 Å². The van der Waals surface area contributed by atoms with Gasteiger partial charge in [0.1, 0.15) is 0 Å². The molecule has 0 spiro atoms. The van der Waals surface area contributed by atoms with Crippen LogP contribution < -0.4 is 5.73 Å². The number of hydrogen-bond acceptors (Lipinski definition) is 2. The fraction of sp³-hybridized carbons (Fsp3) is 0.714. The average molecular weight is 199 g/mol. The molecule has 0 aliphatic carbocycles. The molecule has 0 aromatic rings. The molecule has 1 heterocycles. The standard InChI is InChI=1S/C7H14N2.2ClH/c1-9-4-2-7(6-8)3-5-9;;/h2H,3-6,8H2,1H3;2*1H. The Labute approximate surface area is 80.6 Å². The summed E-state index contributed by atoms with van der Waals surface area (Å²) in [6.07, 6.45) is 3.39. The third-order valence-electron chi connectivity index (χ3n) is 1.77. The van der Waals surface area contributed by atoms with Crippen LogP contribution in [0.1, 0.15) is 6.42 Å². The summed E-state index contributed by atoms with van der Waals surface area (Å²) < 4.78 is 0. The van der Waals surface area contributed by atoms with Crippen LogP contribution in [0.25, 0.3) is 0 Å². The van der Waals surface area contributed by atoms with Crippen LogP contribution in [0.5, 0.6) is 0 Å². The predicted octanol–water partition coefficient (Wildman–Crippen LogP) is 1.05. The Hall–Kier alpha value is 0.240. The maximum Gasteiger partial charge on any atom is 0.0163 e. The lowest BCUT2D eigenvalue weighted by Crippen LogP contribution is -2.25. The third kappa shape index (κ3) is 4.64. The van der Waals surface area contributed by atoms with E-state index in [1.54, 1.807) is 0 Å². The second kappa shape index (κ2) is 6.92. The summed E-state index contributed by atoms with van der Waals surface area (Å²) in [5.74, 6) is 0. The van der Waals surface area contributed by atoms with Gasteiger partial charge in [0.25, 0.3) is 0 Å². The summed E-state index contributed by atoms with van der Waals surface area (Å²) in [6.45, 7) is 2.99. The summed E-state index contributed by atoms with van der Waals surface area (Å²) in [4.78, 5) is 2.29. The van der Waals surface area contributed by atoms with Crippen LogP contribution in [0.3, 0.4) is 0 Å². The predicted molar refractivity (Wildman–Crippen MR) is 53.7 cm³/mol. The number of halogens is 2. The molecule has 2 nitrogen and oxygen atoms in total. The monoisotopic (exact) mass is 198 g/mol. The lowest BCUT2D eigenvalue weighted by atomic mass is 10.1. The van der Waals surface area contributed by atoms with E-state index in [0.717, 1.165) is 19.5 Å². The Morgan fingerprint density at radius 1 is 1.55 bits per heavy atom. The first-order valence-electron chi connectivity index (χ1n) is 3.39. The van der Waals surface area contributed by atoms with Crippen molar-refractivity contribution >= 4 is 24.8 Å². The second-order valence-corrected chi connectivity index (χ2v) is 2.58. The van der Waals surface area contributed by atoms with E-state index in [0.29, 0.717) is 0 Å². The van der Waals surface area contributed by atoms with Gasteiger partial charge in [-0.3, -0.25) is 0 Å². The van der Waals surface area contributed by atoms with Crippen molar-refractivity contribution in [2.24, 2.45) is 5.73 Å². The topological polar surface area (TPSA) is 29.3 Å². The molecule has 0 unspecified atom stereocenters. The van der Waals surface area contributed by atoms with Gasteiger partial charge >= 0.3 is 0 Å². The summed E-state index contributed by atoms with van der Waals surface area (Å²) >= 11 is 0. The van der Waals surface area contributed by atoms with Crippen molar-refractivity contribution in [2.75, 3.05) is 26.7 Å². The first-order chi connectivity index (χ1) is 4.33. The van der Waals surface area contributed by atoms with Gasteiger partial charge in [-0.1, -0.05) is 11.6 Å². The zero-order chi connectivity index (χ0) is 6.69. The molecular weight excluding hydrogens is 183 g/mol. The molecule has 0 aromatic carbocycles. The third-order valence-corrected chi connectivity index (χ3v) is 1.77. The minimum atomic E-state index is 0. The summed E-state index contributed by atoms with van der Waals surface area (Å²) in [7, 11) is 2.13. The summed E-state index contributed by atoms with van der Waals surface area (Å²) in [6, 6.07) is 0. The van der Waals surface area contributed by atoms with Crippen molar-refractivity contribution in [1.82, 2.24) is 4.90 Å². The number of likely N-dealkylation sites (N-methyl/N-ethyl adjacent to an activating group) is 1. The molecule has 1 rings (SSSR count). The molecule has 2 N–H and O–H groups in total. The van der Waals surface area contributed by atoms with Crippen molar-refractivity contribution < 1.29 is 0 Å². The Morgan fingerprint density at radius 3 is 2.55 bits per heavy atom. The molecule has 0 saturated carbocycles. The van der Waals surface area contributed by atoms with Gasteiger partial charge in [0.15, 0.2) is 0 Å².